The first kappa shape index (κ1) is 24.5. The number of thioether (sulfide) groups is 1. The van der Waals surface area contributed by atoms with Crippen molar-refractivity contribution in [2.75, 3.05) is 5.32 Å². The smallest absolute Gasteiger partial charge is 0.335 e. The zero-order chi connectivity index (χ0) is 24.2. The van der Waals surface area contributed by atoms with E-state index in [0.29, 0.717) is 23.2 Å². The Kier molecular flexibility index (Phi) is 7.54. The van der Waals surface area contributed by atoms with Gasteiger partial charge in [-0.15, -0.1) is 10.2 Å². The van der Waals surface area contributed by atoms with Crippen molar-refractivity contribution >= 4 is 39.2 Å². The summed E-state index contributed by atoms with van der Waals surface area (Å²) in [5.74, 6) is -1.34. The van der Waals surface area contributed by atoms with Crippen LogP contribution in [0, 0.1) is 6.92 Å². The number of hydrogen-bond acceptors (Lipinski definition) is 7. The highest BCUT2D eigenvalue weighted by Gasteiger charge is 2.24. The minimum Gasteiger partial charge on any atom is -0.478 e. The normalized spacial score (nSPS) is 12.3. The van der Waals surface area contributed by atoms with Crippen LogP contribution in [0.3, 0.4) is 0 Å². The van der Waals surface area contributed by atoms with Crippen LogP contribution in [0.1, 0.15) is 35.6 Å². The van der Waals surface area contributed by atoms with Gasteiger partial charge in [-0.2, -0.15) is 0 Å². The van der Waals surface area contributed by atoms with Gasteiger partial charge in [-0.3, -0.25) is 4.79 Å². The molecule has 1 amide bonds. The Morgan fingerprint density at radius 1 is 1.09 bits per heavy atom. The van der Waals surface area contributed by atoms with E-state index in [4.69, 9.17) is 5.11 Å². The maximum absolute atomic E-state index is 12.8. The molecule has 2 aromatic carbocycles. The standard InChI is InChI=1S/C22H24N4O5S2/c1-4-26-19(13-33(30,31)18-11-5-14(2)6-12-18)24-25-22(26)32-15(3)20(27)23-17-9-7-16(8-10-17)21(28)29/h5-12,15H,4,13H2,1-3H3,(H,23,27)(H,28,29). The second-order valence-corrected chi connectivity index (χ2v) is 10.6. The third kappa shape index (κ3) is 5.99. The average molecular weight is 489 g/mol. The summed E-state index contributed by atoms with van der Waals surface area (Å²) in [5.41, 5.74) is 1.56. The number of carbonyl (C=O) groups excluding carboxylic acids is 1. The fraction of sp³-hybridized carbons (Fsp3) is 0.273. The third-order valence-corrected chi connectivity index (χ3v) is 7.57. The molecule has 0 radical (unpaired) electrons. The number of aromatic carboxylic acids is 1. The molecule has 0 saturated carbocycles. The van der Waals surface area contributed by atoms with E-state index >= 15 is 0 Å². The fourth-order valence-electron chi connectivity index (χ4n) is 2.98. The van der Waals surface area contributed by atoms with Gasteiger partial charge in [0.25, 0.3) is 0 Å². The SMILES string of the molecule is CCn1c(CS(=O)(=O)c2ccc(C)cc2)nnc1SC(C)C(=O)Nc1ccc(C(=O)O)cc1. The Balaban J connectivity index is 1.70. The summed E-state index contributed by atoms with van der Waals surface area (Å²) in [6.07, 6.45) is 0. The molecule has 0 fully saturated rings. The van der Waals surface area contributed by atoms with Crippen molar-refractivity contribution in [3.63, 3.8) is 0 Å². The predicted octanol–water partition coefficient (Wildman–Crippen LogP) is 3.40. The second kappa shape index (κ2) is 10.2. The number of carboxylic acid groups (broad SMARTS) is 1. The number of amides is 1. The fourth-order valence-corrected chi connectivity index (χ4v) is 5.18. The van der Waals surface area contributed by atoms with Gasteiger partial charge in [0, 0.05) is 12.2 Å². The third-order valence-electron chi connectivity index (χ3n) is 4.86. The predicted molar refractivity (Wildman–Crippen MR) is 125 cm³/mol. The minimum absolute atomic E-state index is 0.125. The molecule has 2 N–H and O–H groups in total. The number of carboxylic acids is 1. The number of benzene rings is 2. The Hall–Kier alpha value is -3.18. The van der Waals surface area contributed by atoms with Crippen molar-refractivity contribution in [1.82, 2.24) is 14.8 Å². The lowest BCUT2D eigenvalue weighted by atomic mass is 10.2. The van der Waals surface area contributed by atoms with Gasteiger partial charge in [0.2, 0.25) is 5.91 Å². The first-order valence-electron chi connectivity index (χ1n) is 10.1. The number of sulfone groups is 1. The molecule has 33 heavy (non-hydrogen) atoms. The molecule has 3 rings (SSSR count). The molecule has 0 spiro atoms. The topological polar surface area (TPSA) is 131 Å². The van der Waals surface area contributed by atoms with Crippen LogP contribution in [-0.4, -0.2) is 45.4 Å². The van der Waals surface area contributed by atoms with Crippen LogP contribution >= 0.6 is 11.8 Å². The summed E-state index contributed by atoms with van der Waals surface area (Å²) in [5, 5.41) is 19.7. The van der Waals surface area contributed by atoms with Crippen LogP contribution in [0.5, 0.6) is 0 Å². The number of aryl methyl sites for hydroxylation is 1. The zero-order valence-corrected chi connectivity index (χ0v) is 20.0. The van der Waals surface area contributed by atoms with Gasteiger partial charge in [0.1, 0.15) is 11.6 Å². The highest BCUT2D eigenvalue weighted by atomic mass is 32.2. The van der Waals surface area contributed by atoms with Crippen molar-refractivity contribution in [2.24, 2.45) is 0 Å². The van der Waals surface area contributed by atoms with Gasteiger partial charge >= 0.3 is 5.97 Å². The molecule has 0 aliphatic carbocycles. The van der Waals surface area contributed by atoms with E-state index in [1.807, 2.05) is 13.8 Å². The molecular formula is C22H24N4O5S2. The number of nitrogens with zero attached hydrogens (tertiary/aromatic N) is 3. The molecule has 1 heterocycles. The molecule has 0 bridgehead atoms. The van der Waals surface area contributed by atoms with E-state index in [-0.39, 0.29) is 22.1 Å². The number of hydrogen-bond donors (Lipinski definition) is 2. The van der Waals surface area contributed by atoms with Gasteiger partial charge in [-0.05, 0) is 57.2 Å². The molecule has 11 heteroatoms. The van der Waals surface area contributed by atoms with Crippen molar-refractivity contribution in [1.29, 1.82) is 0 Å². The van der Waals surface area contributed by atoms with Gasteiger partial charge < -0.3 is 15.0 Å². The first-order valence-corrected chi connectivity index (χ1v) is 12.7. The largest absolute Gasteiger partial charge is 0.478 e. The van der Waals surface area contributed by atoms with Crippen molar-refractivity contribution in [2.45, 2.75) is 48.4 Å². The summed E-state index contributed by atoms with van der Waals surface area (Å²) < 4.78 is 27.3. The summed E-state index contributed by atoms with van der Waals surface area (Å²) in [6, 6.07) is 12.5. The Bertz CT molecular complexity index is 1250. The molecule has 0 aliphatic rings. The lowest BCUT2D eigenvalue weighted by Crippen LogP contribution is -2.23. The van der Waals surface area contributed by atoms with E-state index in [1.54, 1.807) is 35.8 Å². The van der Waals surface area contributed by atoms with Crippen LogP contribution in [0.25, 0.3) is 0 Å². The maximum Gasteiger partial charge on any atom is 0.335 e. The average Bonchev–Trinajstić information content (AvgIpc) is 3.14. The molecule has 3 aromatic rings. The Morgan fingerprint density at radius 2 is 1.73 bits per heavy atom. The van der Waals surface area contributed by atoms with Crippen LogP contribution in [-0.2, 0) is 26.9 Å². The Labute approximate surface area is 196 Å². The molecule has 1 aromatic heterocycles. The molecule has 9 nitrogen and oxygen atoms in total. The minimum atomic E-state index is -3.60. The quantitative estimate of drug-likeness (QED) is 0.438. The monoisotopic (exact) mass is 488 g/mol. The van der Waals surface area contributed by atoms with Crippen LogP contribution in [0.4, 0.5) is 5.69 Å². The van der Waals surface area contributed by atoms with Crippen molar-refractivity contribution in [3.05, 3.63) is 65.5 Å². The lowest BCUT2D eigenvalue weighted by Gasteiger charge is -2.13. The summed E-state index contributed by atoms with van der Waals surface area (Å²) in [6.45, 7) is 5.88. The first-order chi connectivity index (χ1) is 15.6. The number of carbonyl (C=O) groups is 2. The van der Waals surface area contributed by atoms with Gasteiger partial charge in [0.05, 0.1) is 15.7 Å². The number of aromatic nitrogens is 3. The van der Waals surface area contributed by atoms with E-state index < -0.39 is 21.1 Å². The van der Waals surface area contributed by atoms with Gasteiger partial charge in [-0.1, -0.05) is 29.5 Å². The van der Waals surface area contributed by atoms with E-state index in [9.17, 15) is 18.0 Å². The number of rotatable bonds is 9. The summed E-state index contributed by atoms with van der Waals surface area (Å²) in [7, 11) is -3.60. The molecule has 1 atom stereocenters. The number of anilines is 1. The highest BCUT2D eigenvalue weighted by Crippen LogP contribution is 2.25. The molecule has 174 valence electrons. The van der Waals surface area contributed by atoms with Crippen molar-refractivity contribution < 1.29 is 23.1 Å². The van der Waals surface area contributed by atoms with Gasteiger partial charge in [0.15, 0.2) is 15.0 Å². The molecule has 0 aliphatic heterocycles. The van der Waals surface area contributed by atoms with Crippen LogP contribution in [0.15, 0.2) is 58.6 Å². The molecular weight excluding hydrogens is 464 g/mol. The summed E-state index contributed by atoms with van der Waals surface area (Å²) in [4.78, 5) is 23.7. The molecule has 1 unspecified atom stereocenters. The van der Waals surface area contributed by atoms with Crippen LogP contribution < -0.4 is 5.32 Å². The maximum atomic E-state index is 12.8. The van der Waals surface area contributed by atoms with Gasteiger partial charge in [-0.25, -0.2) is 13.2 Å². The Morgan fingerprint density at radius 3 is 2.30 bits per heavy atom. The number of nitrogens with one attached hydrogen (secondary N) is 1. The highest BCUT2D eigenvalue weighted by molar-refractivity contribution is 8.00. The van der Waals surface area contributed by atoms with E-state index in [2.05, 4.69) is 15.5 Å². The van der Waals surface area contributed by atoms with E-state index in [0.717, 1.165) is 17.3 Å². The van der Waals surface area contributed by atoms with E-state index in [1.165, 1.54) is 24.3 Å². The summed E-state index contributed by atoms with van der Waals surface area (Å²) >= 11 is 1.16. The van der Waals surface area contributed by atoms with Crippen molar-refractivity contribution in [3.8, 4) is 0 Å². The molecule has 0 saturated heterocycles. The second-order valence-electron chi connectivity index (χ2n) is 7.35. The lowest BCUT2D eigenvalue weighted by molar-refractivity contribution is -0.115. The zero-order valence-electron chi connectivity index (χ0n) is 18.3. The van der Waals surface area contributed by atoms with Crippen LogP contribution in [0.2, 0.25) is 0 Å².